The minimum absolute atomic E-state index is 0.0581. The zero-order valence-corrected chi connectivity index (χ0v) is 15.1. The van der Waals surface area contributed by atoms with Gasteiger partial charge in [-0.05, 0) is 63.1 Å². The van der Waals surface area contributed by atoms with Crippen LogP contribution in [-0.4, -0.2) is 15.5 Å². The predicted octanol–water partition coefficient (Wildman–Crippen LogP) is 4.29. The molecule has 4 nitrogen and oxygen atoms in total. The van der Waals surface area contributed by atoms with E-state index < -0.39 is 0 Å². The van der Waals surface area contributed by atoms with E-state index in [4.69, 9.17) is 0 Å². The summed E-state index contributed by atoms with van der Waals surface area (Å²) in [6.07, 6.45) is 3.48. The van der Waals surface area contributed by atoms with E-state index in [1.54, 1.807) is 12.4 Å². The number of carbonyl (C=O) groups excluding carboxylic acids is 1. The fourth-order valence-electron chi connectivity index (χ4n) is 3.19. The maximum Gasteiger partial charge on any atom is 0.253 e. The average molecular weight is 333 g/mol. The molecule has 1 amide bonds. The molecule has 0 aliphatic rings. The largest absolute Gasteiger partial charge is 0.345 e. The Bertz CT molecular complexity index is 897. The van der Waals surface area contributed by atoms with Crippen LogP contribution >= 0.6 is 0 Å². The molecule has 2 heterocycles. The molecule has 1 N–H and O–H groups in total. The van der Waals surface area contributed by atoms with Crippen LogP contribution in [0.5, 0.6) is 0 Å². The van der Waals surface area contributed by atoms with E-state index >= 15 is 0 Å². The molecule has 3 rings (SSSR count). The van der Waals surface area contributed by atoms with Gasteiger partial charge in [-0.2, -0.15) is 0 Å². The van der Waals surface area contributed by atoms with Gasteiger partial charge in [0.1, 0.15) is 0 Å². The first-order valence-corrected chi connectivity index (χ1v) is 8.44. The van der Waals surface area contributed by atoms with Crippen LogP contribution in [0.3, 0.4) is 0 Å². The van der Waals surface area contributed by atoms with Gasteiger partial charge < -0.3 is 9.88 Å². The molecule has 1 atom stereocenters. The number of nitrogens with one attached hydrogen (secondary N) is 1. The zero-order chi connectivity index (χ0) is 18.0. The Morgan fingerprint density at radius 1 is 1.08 bits per heavy atom. The second-order valence-corrected chi connectivity index (χ2v) is 6.38. The van der Waals surface area contributed by atoms with Crippen molar-refractivity contribution in [3.8, 4) is 5.69 Å². The van der Waals surface area contributed by atoms with Gasteiger partial charge in [-0.15, -0.1) is 0 Å². The molecule has 128 valence electrons. The molecule has 1 unspecified atom stereocenters. The van der Waals surface area contributed by atoms with Gasteiger partial charge in [0.2, 0.25) is 0 Å². The lowest BCUT2D eigenvalue weighted by molar-refractivity contribution is 0.0939. The predicted molar refractivity (Wildman–Crippen MR) is 100 cm³/mol. The van der Waals surface area contributed by atoms with E-state index in [0.717, 1.165) is 22.6 Å². The van der Waals surface area contributed by atoms with E-state index in [1.165, 1.54) is 5.56 Å². The van der Waals surface area contributed by atoms with E-state index in [2.05, 4.69) is 33.9 Å². The number of hydrogen-bond donors (Lipinski definition) is 1. The molecule has 3 aromatic rings. The fourth-order valence-corrected chi connectivity index (χ4v) is 3.19. The highest BCUT2D eigenvalue weighted by Gasteiger charge is 2.19. The number of aryl methyl sites for hydroxylation is 2. The summed E-state index contributed by atoms with van der Waals surface area (Å²) in [6, 6.07) is 13.9. The summed E-state index contributed by atoms with van der Waals surface area (Å²) >= 11 is 0. The van der Waals surface area contributed by atoms with Gasteiger partial charge in [0.15, 0.2) is 0 Å². The van der Waals surface area contributed by atoms with Gasteiger partial charge in [0, 0.05) is 29.5 Å². The lowest BCUT2D eigenvalue weighted by Crippen LogP contribution is -2.27. The maximum atomic E-state index is 12.8. The van der Waals surface area contributed by atoms with Gasteiger partial charge in [0.05, 0.1) is 11.6 Å². The van der Waals surface area contributed by atoms with Crippen molar-refractivity contribution in [1.29, 1.82) is 0 Å². The van der Waals surface area contributed by atoms with E-state index in [9.17, 15) is 4.79 Å². The Balaban J connectivity index is 1.90. The third-order valence-corrected chi connectivity index (χ3v) is 4.59. The molecule has 0 saturated carbocycles. The molecule has 4 heteroatoms. The summed E-state index contributed by atoms with van der Waals surface area (Å²) in [5, 5.41) is 3.08. The SMILES string of the molecule is Cc1ccccc1-n1c(C)cc(C(=O)NC(C)c2ccncc2)c1C. The summed E-state index contributed by atoms with van der Waals surface area (Å²) < 4.78 is 2.14. The first kappa shape index (κ1) is 17.0. The van der Waals surface area contributed by atoms with Gasteiger partial charge in [-0.25, -0.2) is 0 Å². The summed E-state index contributed by atoms with van der Waals surface area (Å²) in [5.74, 6) is -0.0581. The van der Waals surface area contributed by atoms with Crippen LogP contribution in [0.2, 0.25) is 0 Å². The molecular formula is C21H23N3O. The van der Waals surface area contributed by atoms with Crippen LogP contribution in [0.15, 0.2) is 54.9 Å². The normalized spacial score (nSPS) is 12.0. The number of benzene rings is 1. The molecule has 0 spiro atoms. The number of hydrogen-bond acceptors (Lipinski definition) is 2. The van der Waals surface area contributed by atoms with E-state index in [0.29, 0.717) is 5.56 Å². The first-order valence-electron chi connectivity index (χ1n) is 8.44. The van der Waals surface area contributed by atoms with Crippen molar-refractivity contribution in [3.63, 3.8) is 0 Å². The Labute approximate surface area is 148 Å². The number of aromatic nitrogens is 2. The van der Waals surface area contributed by atoms with Crippen molar-refractivity contribution >= 4 is 5.91 Å². The molecule has 0 aliphatic heterocycles. The number of nitrogens with zero attached hydrogens (tertiary/aromatic N) is 2. The summed E-state index contributed by atoms with van der Waals surface area (Å²) in [7, 11) is 0. The molecule has 0 aliphatic carbocycles. The van der Waals surface area contributed by atoms with Crippen LogP contribution in [0.1, 0.15) is 45.8 Å². The molecule has 2 aromatic heterocycles. The Morgan fingerprint density at radius 3 is 2.44 bits per heavy atom. The first-order chi connectivity index (χ1) is 12.0. The van der Waals surface area contributed by atoms with Crippen molar-refractivity contribution in [1.82, 2.24) is 14.9 Å². The monoisotopic (exact) mass is 333 g/mol. The van der Waals surface area contributed by atoms with Gasteiger partial charge in [-0.1, -0.05) is 18.2 Å². The molecule has 0 bridgehead atoms. The number of rotatable bonds is 4. The van der Waals surface area contributed by atoms with Crippen LogP contribution in [0, 0.1) is 20.8 Å². The Kier molecular flexibility index (Phi) is 4.70. The molecule has 0 radical (unpaired) electrons. The molecule has 0 fully saturated rings. The smallest absolute Gasteiger partial charge is 0.253 e. The van der Waals surface area contributed by atoms with Crippen LogP contribution in [0.25, 0.3) is 5.69 Å². The van der Waals surface area contributed by atoms with Crippen molar-refractivity contribution in [2.45, 2.75) is 33.7 Å². The second-order valence-electron chi connectivity index (χ2n) is 6.38. The van der Waals surface area contributed by atoms with E-state index in [1.807, 2.05) is 51.1 Å². The Morgan fingerprint density at radius 2 is 1.76 bits per heavy atom. The molecule has 0 saturated heterocycles. The number of pyridine rings is 1. The summed E-state index contributed by atoms with van der Waals surface area (Å²) in [4.78, 5) is 16.8. The summed E-state index contributed by atoms with van der Waals surface area (Å²) in [5.41, 5.74) is 6.04. The summed E-state index contributed by atoms with van der Waals surface area (Å²) in [6.45, 7) is 8.08. The standard InChI is InChI=1S/C21H23N3O/c1-14-7-5-6-8-20(14)24-15(2)13-19(17(24)4)21(25)23-16(3)18-9-11-22-12-10-18/h5-13,16H,1-4H3,(H,23,25). The van der Waals surface area contributed by atoms with Gasteiger partial charge >= 0.3 is 0 Å². The zero-order valence-electron chi connectivity index (χ0n) is 15.1. The lowest BCUT2D eigenvalue weighted by Gasteiger charge is -2.15. The lowest BCUT2D eigenvalue weighted by atomic mass is 10.1. The third-order valence-electron chi connectivity index (χ3n) is 4.59. The van der Waals surface area contributed by atoms with E-state index in [-0.39, 0.29) is 11.9 Å². The average Bonchev–Trinajstić information content (AvgIpc) is 2.91. The number of carbonyl (C=O) groups is 1. The molecular weight excluding hydrogens is 310 g/mol. The van der Waals surface area contributed by atoms with Crippen molar-refractivity contribution in [3.05, 3.63) is 82.9 Å². The number of para-hydroxylation sites is 1. The topological polar surface area (TPSA) is 46.9 Å². The number of amides is 1. The Hall–Kier alpha value is -2.88. The van der Waals surface area contributed by atoms with Gasteiger partial charge in [0.25, 0.3) is 5.91 Å². The molecule has 1 aromatic carbocycles. The van der Waals surface area contributed by atoms with Crippen molar-refractivity contribution < 1.29 is 4.79 Å². The maximum absolute atomic E-state index is 12.8. The fraction of sp³-hybridized carbons (Fsp3) is 0.238. The van der Waals surface area contributed by atoms with Crippen LogP contribution in [0.4, 0.5) is 0 Å². The van der Waals surface area contributed by atoms with Crippen LogP contribution < -0.4 is 5.32 Å². The van der Waals surface area contributed by atoms with Gasteiger partial charge in [-0.3, -0.25) is 9.78 Å². The molecule has 25 heavy (non-hydrogen) atoms. The minimum Gasteiger partial charge on any atom is -0.345 e. The second kappa shape index (κ2) is 6.93. The highest BCUT2D eigenvalue weighted by molar-refractivity contribution is 5.96. The van der Waals surface area contributed by atoms with Crippen molar-refractivity contribution in [2.24, 2.45) is 0 Å². The van der Waals surface area contributed by atoms with Crippen molar-refractivity contribution in [2.75, 3.05) is 0 Å². The highest BCUT2D eigenvalue weighted by Crippen LogP contribution is 2.23. The third kappa shape index (κ3) is 3.33. The minimum atomic E-state index is -0.0722. The quantitative estimate of drug-likeness (QED) is 0.774. The highest BCUT2D eigenvalue weighted by atomic mass is 16.1. The van der Waals surface area contributed by atoms with Crippen LogP contribution in [-0.2, 0) is 0 Å².